The van der Waals surface area contributed by atoms with Crippen molar-refractivity contribution < 1.29 is 27.9 Å². The van der Waals surface area contributed by atoms with E-state index in [2.05, 4.69) is 10.8 Å². The van der Waals surface area contributed by atoms with Gasteiger partial charge < -0.3 is 14.6 Å². The second-order valence-corrected chi connectivity index (χ2v) is 14.4. The normalized spacial score (nSPS) is 12.4. The highest BCUT2D eigenvalue weighted by Crippen LogP contribution is 2.39. The van der Waals surface area contributed by atoms with Gasteiger partial charge in [0.25, 0.3) is 5.91 Å². The number of hydrogen-bond acceptors (Lipinski definition) is 5. The molecule has 5 aromatic carbocycles. The molecule has 6 aromatic rings. The number of alkyl carbamates (subject to hydrolysis) is 1. The molecule has 0 aliphatic rings. The molecule has 0 radical (unpaired) electrons. The number of hydroxylamine groups is 1. The van der Waals surface area contributed by atoms with E-state index in [0.29, 0.717) is 11.4 Å². The summed E-state index contributed by atoms with van der Waals surface area (Å²) >= 11 is 0. The van der Waals surface area contributed by atoms with Crippen LogP contribution in [0.25, 0.3) is 11.0 Å². The van der Waals surface area contributed by atoms with Gasteiger partial charge in [0, 0.05) is 13.0 Å². The average molecular weight is 731 g/mol. The number of aromatic nitrogens is 2. The zero-order valence-corrected chi connectivity index (χ0v) is 31.0. The average Bonchev–Trinajstić information content (AvgIpc) is 3.47. The Kier molecular flexibility index (Phi) is 11.2. The molecule has 6 rings (SSSR count). The van der Waals surface area contributed by atoms with Crippen LogP contribution in [0.4, 0.5) is 13.6 Å². The van der Waals surface area contributed by atoms with Crippen LogP contribution in [0.15, 0.2) is 121 Å². The van der Waals surface area contributed by atoms with E-state index >= 15 is 0 Å². The van der Waals surface area contributed by atoms with Crippen LogP contribution in [0.1, 0.15) is 66.4 Å². The Hall–Kier alpha value is -5.87. The molecule has 278 valence electrons. The van der Waals surface area contributed by atoms with Crippen molar-refractivity contribution in [1.82, 2.24) is 20.3 Å². The second-order valence-electron chi connectivity index (χ2n) is 14.4. The van der Waals surface area contributed by atoms with Gasteiger partial charge in [-0.15, -0.1) is 0 Å². The number of ether oxygens (including phenoxy) is 1. The molecule has 1 aromatic heterocycles. The molecular formula is C44H44F2N4O4. The minimum Gasteiger partial charge on any atom is -0.444 e. The maximum absolute atomic E-state index is 14.3. The molecule has 0 spiro atoms. The van der Waals surface area contributed by atoms with Gasteiger partial charge in [-0.25, -0.2) is 24.0 Å². The van der Waals surface area contributed by atoms with Gasteiger partial charge in [0.15, 0.2) is 17.2 Å². The van der Waals surface area contributed by atoms with Crippen molar-refractivity contribution in [1.29, 1.82) is 0 Å². The summed E-state index contributed by atoms with van der Waals surface area (Å²) in [6.07, 6.45) is -0.446. The first-order chi connectivity index (χ1) is 25.8. The number of aryl methyl sites for hydroxylation is 3. The lowest BCUT2D eigenvalue weighted by Crippen LogP contribution is -2.50. The summed E-state index contributed by atoms with van der Waals surface area (Å²) in [6.45, 7) is 9.41. The van der Waals surface area contributed by atoms with E-state index in [1.165, 1.54) is 12.1 Å². The number of hydrogen-bond donors (Lipinski definition) is 2. The van der Waals surface area contributed by atoms with Crippen LogP contribution in [0.5, 0.6) is 0 Å². The van der Waals surface area contributed by atoms with Crippen molar-refractivity contribution in [2.75, 3.05) is 0 Å². The molecule has 0 bridgehead atoms. The number of amides is 2. The van der Waals surface area contributed by atoms with E-state index in [1.54, 1.807) is 20.8 Å². The summed E-state index contributed by atoms with van der Waals surface area (Å²) in [4.78, 5) is 39.0. The SMILES string of the molecule is Cc1cc2nc(CC[C@H](NC(=O)OC(C)(C)C)C(=O)NOC(c3ccccc3)(c3ccccc3)c3ccccc3)n(Cc3ccc(F)c(F)c3)c2cc1C. The first-order valence-electron chi connectivity index (χ1n) is 17.9. The number of benzene rings is 5. The van der Waals surface area contributed by atoms with Crippen molar-refractivity contribution in [3.63, 3.8) is 0 Å². The fourth-order valence-electron chi connectivity index (χ4n) is 6.50. The summed E-state index contributed by atoms with van der Waals surface area (Å²) in [7, 11) is 0. The summed E-state index contributed by atoms with van der Waals surface area (Å²) in [6, 6.07) is 35.4. The molecule has 2 N–H and O–H groups in total. The van der Waals surface area contributed by atoms with E-state index in [9.17, 15) is 18.4 Å². The highest BCUT2D eigenvalue weighted by Gasteiger charge is 2.40. The van der Waals surface area contributed by atoms with E-state index in [0.717, 1.165) is 44.9 Å². The number of fused-ring (bicyclic) bond motifs is 1. The zero-order valence-electron chi connectivity index (χ0n) is 31.0. The molecule has 1 heterocycles. The van der Waals surface area contributed by atoms with Crippen LogP contribution >= 0.6 is 0 Å². The van der Waals surface area contributed by atoms with Gasteiger partial charge in [0.05, 0.1) is 11.0 Å². The van der Waals surface area contributed by atoms with Crippen molar-refractivity contribution in [3.05, 3.63) is 172 Å². The molecule has 0 aliphatic carbocycles. The summed E-state index contributed by atoms with van der Waals surface area (Å²) in [5, 5.41) is 2.75. The number of halogens is 2. The minimum absolute atomic E-state index is 0.0997. The lowest BCUT2D eigenvalue weighted by atomic mass is 9.80. The number of carbonyl (C=O) groups excluding carboxylic acids is 2. The highest BCUT2D eigenvalue weighted by atomic mass is 19.2. The number of imidazole rings is 1. The molecule has 1 atom stereocenters. The Morgan fingerprint density at radius 1 is 0.759 bits per heavy atom. The first-order valence-corrected chi connectivity index (χ1v) is 17.9. The van der Waals surface area contributed by atoms with Crippen LogP contribution in [0.3, 0.4) is 0 Å². The summed E-state index contributed by atoms with van der Waals surface area (Å²) in [5.41, 5.74) is 7.12. The third-order valence-corrected chi connectivity index (χ3v) is 9.28. The number of nitrogens with zero attached hydrogens (tertiary/aromatic N) is 2. The molecule has 0 saturated carbocycles. The monoisotopic (exact) mass is 730 g/mol. The Labute approximate surface area is 314 Å². The standard InChI is InChI=1S/C44H44F2N4O4/c1-29-25-38-39(26-30(29)2)50(28-31-21-22-35(45)36(46)27-31)40(47-38)24-23-37(48-42(52)53-43(3,4)5)41(51)49-54-44(32-15-9-6-10-16-32,33-17-11-7-12-18-33)34-19-13-8-14-20-34/h6-22,25-27,37H,23-24,28H2,1-5H3,(H,48,52)(H,49,51)/t37-/m0/s1. The third kappa shape index (κ3) is 8.50. The van der Waals surface area contributed by atoms with Crippen molar-refractivity contribution in [2.45, 2.75) is 71.2 Å². The molecular weight excluding hydrogens is 687 g/mol. The van der Waals surface area contributed by atoms with Crippen LogP contribution in [-0.4, -0.2) is 33.2 Å². The minimum atomic E-state index is -1.26. The van der Waals surface area contributed by atoms with Gasteiger partial charge in [-0.3, -0.25) is 9.63 Å². The van der Waals surface area contributed by atoms with Gasteiger partial charge in [0.1, 0.15) is 17.5 Å². The maximum Gasteiger partial charge on any atom is 0.408 e. The Morgan fingerprint density at radius 2 is 1.31 bits per heavy atom. The van der Waals surface area contributed by atoms with Crippen molar-refractivity contribution >= 4 is 23.0 Å². The molecule has 0 saturated heterocycles. The van der Waals surface area contributed by atoms with Gasteiger partial charge in [0.2, 0.25) is 0 Å². The van der Waals surface area contributed by atoms with E-state index in [4.69, 9.17) is 14.6 Å². The van der Waals surface area contributed by atoms with E-state index in [-0.39, 0.29) is 19.4 Å². The lowest BCUT2D eigenvalue weighted by molar-refractivity contribution is -0.145. The Bertz CT molecular complexity index is 2140. The van der Waals surface area contributed by atoms with Gasteiger partial charge >= 0.3 is 6.09 Å². The summed E-state index contributed by atoms with van der Waals surface area (Å²) in [5.74, 6) is -1.89. The second kappa shape index (κ2) is 16.0. The van der Waals surface area contributed by atoms with Crippen molar-refractivity contribution in [3.8, 4) is 0 Å². The van der Waals surface area contributed by atoms with Crippen LogP contribution < -0.4 is 10.8 Å². The lowest BCUT2D eigenvalue weighted by Gasteiger charge is -2.35. The molecule has 0 fully saturated rings. The number of carbonyl (C=O) groups is 2. The molecule has 10 heteroatoms. The third-order valence-electron chi connectivity index (χ3n) is 9.28. The van der Waals surface area contributed by atoms with Gasteiger partial charge in [-0.1, -0.05) is 97.1 Å². The molecule has 0 unspecified atom stereocenters. The maximum atomic E-state index is 14.3. The van der Waals surface area contributed by atoms with E-state index in [1.807, 2.05) is 122 Å². The van der Waals surface area contributed by atoms with Gasteiger partial charge in [-0.05, 0) is 98.7 Å². The highest BCUT2D eigenvalue weighted by molar-refractivity contribution is 5.85. The molecule has 0 aliphatic heterocycles. The predicted octanol–water partition coefficient (Wildman–Crippen LogP) is 8.85. The number of rotatable bonds is 12. The molecule has 8 nitrogen and oxygen atoms in total. The Morgan fingerprint density at radius 3 is 1.85 bits per heavy atom. The number of nitrogens with one attached hydrogen (secondary N) is 2. The first kappa shape index (κ1) is 37.9. The summed E-state index contributed by atoms with van der Waals surface area (Å²) < 4.78 is 35.6. The van der Waals surface area contributed by atoms with Crippen LogP contribution in [0, 0.1) is 25.5 Å². The molecule has 2 amide bonds. The van der Waals surface area contributed by atoms with E-state index < -0.39 is 40.9 Å². The predicted molar refractivity (Wildman–Crippen MR) is 205 cm³/mol. The fraction of sp³-hybridized carbons (Fsp3) is 0.250. The van der Waals surface area contributed by atoms with Gasteiger partial charge in [-0.2, -0.15) is 0 Å². The quantitative estimate of drug-likeness (QED) is 0.0970. The van der Waals surface area contributed by atoms with Crippen molar-refractivity contribution in [2.24, 2.45) is 0 Å². The Balaban J connectivity index is 1.35. The smallest absolute Gasteiger partial charge is 0.408 e. The van der Waals surface area contributed by atoms with Crippen LogP contribution in [0.2, 0.25) is 0 Å². The zero-order chi connectivity index (χ0) is 38.5. The van der Waals surface area contributed by atoms with Crippen LogP contribution in [-0.2, 0) is 32.9 Å². The largest absolute Gasteiger partial charge is 0.444 e. The fourth-order valence-corrected chi connectivity index (χ4v) is 6.50. The molecule has 54 heavy (non-hydrogen) atoms. The topological polar surface area (TPSA) is 94.5 Å².